The highest BCUT2D eigenvalue weighted by Crippen LogP contribution is 2.26. The minimum absolute atomic E-state index is 0.268. The van der Waals surface area contributed by atoms with E-state index in [2.05, 4.69) is 36.9 Å². The van der Waals surface area contributed by atoms with E-state index in [1.807, 2.05) is 10.7 Å². The van der Waals surface area contributed by atoms with E-state index in [4.69, 9.17) is 0 Å². The molecule has 2 rings (SSSR count). The molecule has 1 N–H and O–H groups in total. The summed E-state index contributed by atoms with van der Waals surface area (Å²) in [5.41, 5.74) is 0. The fourth-order valence-corrected chi connectivity index (χ4v) is 2.83. The van der Waals surface area contributed by atoms with Crippen molar-refractivity contribution in [3.8, 4) is 0 Å². The molecule has 0 bridgehead atoms. The molecular formula is C13H19N3OS. The minimum atomic E-state index is -0.489. The Hall–Kier alpha value is -1.20. The molecule has 0 spiro atoms. The molecule has 0 radical (unpaired) electrons. The van der Waals surface area contributed by atoms with Gasteiger partial charge in [-0.25, -0.2) is 9.67 Å². The van der Waals surface area contributed by atoms with Crippen LogP contribution in [0.3, 0.4) is 0 Å². The monoisotopic (exact) mass is 265 g/mol. The van der Waals surface area contributed by atoms with Gasteiger partial charge in [-0.15, -0.1) is 11.3 Å². The predicted octanol–water partition coefficient (Wildman–Crippen LogP) is 2.76. The number of nitrogens with zero attached hydrogens (tertiary/aromatic N) is 3. The summed E-state index contributed by atoms with van der Waals surface area (Å²) in [7, 11) is 0. The molecule has 5 heteroatoms. The average Bonchev–Trinajstić information content (AvgIpc) is 2.96. The van der Waals surface area contributed by atoms with E-state index < -0.39 is 6.10 Å². The van der Waals surface area contributed by atoms with Gasteiger partial charge in [-0.1, -0.05) is 6.92 Å². The van der Waals surface area contributed by atoms with Crippen molar-refractivity contribution in [3.05, 3.63) is 34.0 Å². The van der Waals surface area contributed by atoms with E-state index in [0.29, 0.717) is 6.42 Å². The molecule has 0 aromatic carbocycles. The van der Waals surface area contributed by atoms with E-state index in [0.717, 1.165) is 17.1 Å². The molecule has 98 valence electrons. The molecule has 1 atom stereocenters. The van der Waals surface area contributed by atoms with Crippen LogP contribution in [0, 0.1) is 0 Å². The molecule has 4 nitrogen and oxygen atoms in total. The van der Waals surface area contributed by atoms with E-state index >= 15 is 0 Å². The van der Waals surface area contributed by atoms with Gasteiger partial charge in [0.1, 0.15) is 12.2 Å². The number of hydrogen-bond acceptors (Lipinski definition) is 4. The molecule has 18 heavy (non-hydrogen) atoms. The summed E-state index contributed by atoms with van der Waals surface area (Å²) in [6.07, 6.45) is 2.59. The van der Waals surface area contributed by atoms with Crippen LogP contribution in [-0.4, -0.2) is 19.9 Å². The van der Waals surface area contributed by atoms with Crippen molar-refractivity contribution in [2.24, 2.45) is 0 Å². The van der Waals surface area contributed by atoms with Gasteiger partial charge in [0.05, 0.1) is 6.10 Å². The number of aryl methyl sites for hydroxylation is 1. The molecular weight excluding hydrogens is 246 g/mol. The van der Waals surface area contributed by atoms with Crippen LogP contribution >= 0.6 is 11.3 Å². The maximum atomic E-state index is 10.2. The summed E-state index contributed by atoms with van der Waals surface area (Å²) in [5, 5.41) is 14.4. The highest BCUT2D eigenvalue weighted by Gasteiger charge is 2.16. The van der Waals surface area contributed by atoms with Crippen LogP contribution in [0.2, 0.25) is 0 Å². The van der Waals surface area contributed by atoms with Gasteiger partial charge in [-0.2, -0.15) is 5.10 Å². The van der Waals surface area contributed by atoms with Gasteiger partial charge in [0.25, 0.3) is 0 Å². The van der Waals surface area contributed by atoms with Crippen molar-refractivity contribution in [3.63, 3.8) is 0 Å². The molecule has 2 aromatic rings. The number of thiophene rings is 1. The second-order valence-corrected chi connectivity index (χ2v) is 5.79. The first-order valence-corrected chi connectivity index (χ1v) is 7.08. The fraction of sp³-hybridized carbons (Fsp3) is 0.538. The zero-order chi connectivity index (χ0) is 13.1. The van der Waals surface area contributed by atoms with Gasteiger partial charge < -0.3 is 5.11 Å². The zero-order valence-electron chi connectivity index (χ0n) is 11.0. The number of aliphatic hydroxyl groups excluding tert-OH is 1. The van der Waals surface area contributed by atoms with Gasteiger partial charge in [-0.3, -0.25) is 0 Å². The molecule has 0 aliphatic heterocycles. The molecule has 0 saturated heterocycles. The lowest BCUT2D eigenvalue weighted by atomic mass is 10.2. The Bertz CT molecular complexity index is 504. The third kappa shape index (κ3) is 2.79. The minimum Gasteiger partial charge on any atom is -0.387 e. The Balaban J connectivity index is 2.11. The van der Waals surface area contributed by atoms with E-state index in [9.17, 15) is 5.11 Å². The topological polar surface area (TPSA) is 50.9 Å². The third-order valence-corrected chi connectivity index (χ3v) is 4.20. The Labute approximate surface area is 111 Å². The quantitative estimate of drug-likeness (QED) is 0.904. The third-order valence-electron chi connectivity index (χ3n) is 2.87. The van der Waals surface area contributed by atoms with E-state index in [1.54, 1.807) is 17.7 Å². The van der Waals surface area contributed by atoms with Gasteiger partial charge in [0.15, 0.2) is 0 Å². The number of aliphatic hydroxyl groups is 1. The highest BCUT2D eigenvalue weighted by molar-refractivity contribution is 7.12. The molecule has 0 aliphatic carbocycles. The standard InChI is InChI=1S/C13H19N3OS/c1-4-10-5-6-12(18-10)11(17)7-13-14-8-15-16(13)9(2)3/h5-6,8-9,11,17H,4,7H2,1-3H3. The van der Waals surface area contributed by atoms with Crippen LogP contribution < -0.4 is 0 Å². The second kappa shape index (κ2) is 5.63. The first-order chi connectivity index (χ1) is 8.61. The van der Waals surface area contributed by atoms with Crippen molar-refractivity contribution in [2.45, 2.75) is 45.8 Å². The maximum absolute atomic E-state index is 10.2. The molecule has 2 aromatic heterocycles. The van der Waals surface area contributed by atoms with Crippen molar-refractivity contribution in [2.75, 3.05) is 0 Å². The number of aromatic nitrogens is 3. The number of rotatable bonds is 5. The summed E-state index contributed by atoms with van der Waals surface area (Å²) >= 11 is 1.67. The first kappa shape index (κ1) is 13.2. The van der Waals surface area contributed by atoms with Gasteiger partial charge in [0.2, 0.25) is 0 Å². The highest BCUT2D eigenvalue weighted by atomic mass is 32.1. The van der Waals surface area contributed by atoms with E-state index in [-0.39, 0.29) is 6.04 Å². The smallest absolute Gasteiger partial charge is 0.138 e. The van der Waals surface area contributed by atoms with Crippen molar-refractivity contribution >= 4 is 11.3 Å². The Morgan fingerprint density at radius 3 is 2.78 bits per heavy atom. The zero-order valence-corrected chi connectivity index (χ0v) is 11.8. The molecule has 1 unspecified atom stereocenters. The molecule has 2 heterocycles. The lowest BCUT2D eigenvalue weighted by Crippen LogP contribution is -2.11. The molecule has 0 fully saturated rings. The van der Waals surface area contributed by atoms with Gasteiger partial charge in [0, 0.05) is 22.2 Å². The van der Waals surface area contributed by atoms with Gasteiger partial charge >= 0.3 is 0 Å². The Morgan fingerprint density at radius 2 is 2.17 bits per heavy atom. The summed E-state index contributed by atoms with van der Waals surface area (Å²) in [4.78, 5) is 6.53. The van der Waals surface area contributed by atoms with E-state index in [1.165, 1.54) is 4.88 Å². The Morgan fingerprint density at radius 1 is 1.39 bits per heavy atom. The first-order valence-electron chi connectivity index (χ1n) is 6.26. The van der Waals surface area contributed by atoms with Gasteiger partial charge in [-0.05, 0) is 32.4 Å². The number of hydrogen-bond donors (Lipinski definition) is 1. The van der Waals surface area contributed by atoms with Crippen LogP contribution in [0.4, 0.5) is 0 Å². The second-order valence-electron chi connectivity index (χ2n) is 4.59. The molecule has 0 aliphatic rings. The average molecular weight is 265 g/mol. The lowest BCUT2D eigenvalue weighted by molar-refractivity contribution is 0.177. The summed E-state index contributed by atoms with van der Waals surface area (Å²) in [5.74, 6) is 0.837. The summed E-state index contributed by atoms with van der Waals surface area (Å²) in [6, 6.07) is 4.35. The van der Waals surface area contributed by atoms with Crippen LogP contribution in [0.25, 0.3) is 0 Å². The van der Waals surface area contributed by atoms with Crippen LogP contribution in [0.1, 0.15) is 48.5 Å². The van der Waals surface area contributed by atoms with Crippen molar-refractivity contribution in [1.82, 2.24) is 14.8 Å². The maximum Gasteiger partial charge on any atom is 0.138 e. The lowest BCUT2D eigenvalue weighted by Gasteiger charge is -2.12. The molecule has 0 amide bonds. The summed E-state index contributed by atoms with van der Waals surface area (Å²) in [6.45, 7) is 6.24. The van der Waals surface area contributed by atoms with Crippen LogP contribution in [-0.2, 0) is 12.8 Å². The predicted molar refractivity (Wildman–Crippen MR) is 72.8 cm³/mol. The van der Waals surface area contributed by atoms with Crippen LogP contribution in [0.5, 0.6) is 0 Å². The normalized spacial score (nSPS) is 13.2. The SMILES string of the molecule is CCc1ccc(C(O)Cc2ncnn2C(C)C)s1. The molecule has 0 saturated carbocycles. The van der Waals surface area contributed by atoms with Crippen LogP contribution in [0.15, 0.2) is 18.5 Å². The fourth-order valence-electron chi connectivity index (χ4n) is 1.89. The largest absolute Gasteiger partial charge is 0.387 e. The Kier molecular flexibility index (Phi) is 4.14. The van der Waals surface area contributed by atoms with Crippen molar-refractivity contribution < 1.29 is 5.11 Å². The summed E-state index contributed by atoms with van der Waals surface area (Å²) < 4.78 is 1.86. The van der Waals surface area contributed by atoms with Crippen molar-refractivity contribution in [1.29, 1.82) is 0 Å².